The second-order valence-corrected chi connectivity index (χ2v) is 5.31. The minimum absolute atomic E-state index is 0.435. The molecule has 2 aliphatic heterocycles. The lowest BCUT2D eigenvalue weighted by Crippen LogP contribution is -2.44. The molecule has 0 amide bonds. The highest BCUT2D eigenvalue weighted by Gasteiger charge is 2.47. The van der Waals surface area contributed by atoms with Crippen LogP contribution in [0.3, 0.4) is 0 Å². The maximum absolute atomic E-state index is 2.53. The zero-order chi connectivity index (χ0) is 8.82. The van der Waals surface area contributed by atoms with Gasteiger partial charge >= 0.3 is 0 Å². The lowest BCUT2D eigenvalue weighted by Gasteiger charge is -2.28. The molecule has 0 aliphatic carbocycles. The van der Waals surface area contributed by atoms with Gasteiger partial charge in [0.15, 0.2) is 0 Å². The van der Waals surface area contributed by atoms with Crippen molar-refractivity contribution < 1.29 is 4.48 Å². The molecule has 0 aromatic rings. The van der Waals surface area contributed by atoms with Crippen LogP contribution >= 0.6 is 0 Å². The van der Waals surface area contributed by atoms with Gasteiger partial charge in [0.05, 0.1) is 25.2 Å². The van der Waals surface area contributed by atoms with Gasteiger partial charge in [-0.25, -0.2) is 4.90 Å². The van der Waals surface area contributed by atoms with Crippen LogP contribution in [0.25, 0.3) is 0 Å². The van der Waals surface area contributed by atoms with Crippen LogP contribution in [0.15, 0.2) is 0 Å². The van der Waals surface area contributed by atoms with Crippen LogP contribution in [-0.2, 0) is 0 Å². The molecule has 12 heavy (non-hydrogen) atoms. The summed E-state index contributed by atoms with van der Waals surface area (Å²) < 4.78 is 1.38. The first-order valence-electron chi connectivity index (χ1n) is 5.11. The van der Waals surface area contributed by atoms with E-state index in [0.717, 1.165) is 0 Å². The molecule has 2 heteroatoms. The zero-order valence-electron chi connectivity index (χ0n) is 8.64. The smallest absolute Gasteiger partial charge is 0.135 e. The minimum Gasteiger partial charge on any atom is -0.310 e. The van der Waals surface area contributed by atoms with E-state index in [2.05, 4.69) is 25.8 Å². The molecule has 70 valence electrons. The van der Waals surface area contributed by atoms with Crippen LogP contribution < -0.4 is 0 Å². The number of rotatable bonds is 0. The number of hydrogen-bond donors (Lipinski definition) is 0. The lowest BCUT2D eigenvalue weighted by molar-refractivity contribution is -0.910. The van der Waals surface area contributed by atoms with E-state index in [4.69, 9.17) is 0 Å². The van der Waals surface area contributed by atoms with Crippen LogP contribution in [0.5, 0.6) is 0 Å². The van der Waals surface area contributed by atoms with Gasteiger partial charge < -0.3 is 4.48 Å². The van der Waals surface area contributed by atoms with Crippen molar-refractivity contribution in [3.05, 3.63) is 0 Å². The largest absolute Gasteiger partial charge is 0.310 e. The molecule has 0 saturated carbocycles. The minimum atomic E-state index is 0.435. The maximum Gasteiger partial charge on any atom is 0.135 e. The summed E-state index contributed by atoms with van der Waals surface area (Å²) in [5.41, 5.74) is 0.435. The second kappa shape index (κ2) is 2.46. The molecule has 0 unspecified atom stereocenters. The molecular weight excluding hydrogens is 148 g/mol. The summed E-state index contributed by atoms with van der Waals surface area (Å²) >= 11 is 0. The van der Waals surface area contributed by atoms with E-state index in [1.54, 1.807) is 0 Å². The fraction of sp³-hybridized carbons (Fsp3) is 1.00. The van der Waals surface area contributed by atoms with E-state index in [-0.39, 0.29) is 0 Å². The fourth-order valence-electron chi connectivity index (χ4n) is 2.94. The molecule has 0 bridgehead atoms. The second-order valence-electron chi connectivity index (χ2n) is 5.31. The first-order valence-corrected chi connectivity index (χ1v) is 5.11. The van der Waals surface area contributed by atoms with Crippen molar-refractivity contribution in [2.45, 2.75) is 32.2 Å². The molecule has 2 nitrogen and oxygen atoms in total. The normalized spacial score (nSPS) is 33.2. The lowest BCUT2D eigenvalue weighted by atomic mass is 10.1. The van der Waals surface area contributed by atoms with E-state index < -0.39 is 0 Å². The molecule has 0 N–H and O–H groups in total. The number of nitrogens with zero attached hydrogens (tertiary/aromatic N) is 2. The fourth-order valence-corrected chi connectivity index (χ4v) is 2.94. The summed E-state index contributed by atoms with van der Waals surface area (Å²) in [5, 5.41) is 0. The Labute approximate surface area is 75.7 Å². The van der Waals surface area contributed by atoms with Gasteiger partial charge in [0.1, 0.15) is 6.67 Å². The standard InChI is InChI=1S/C10H21N2/c1-10(2)8-12(9-11(10)3)6-4-5-7-12/h4-9H2,1-3H3/q+1. The highest BCUT2D eigenvalue weighted by atomic mass is 15.5. The van der Waals surface area contributed by atoms with E-state index in [1.807, 2.05) is 0 Å². The Morgan fingerprint density at radius 2 is 1.75 bits per heavy atom. The Morgan fingerprint density at radius 3 is 2.17 bits per heavy atom. The van der Waals surface area contributed by atoms with Gasteiger partial charge in [-0.1, -0.05) is 0 Å². The first-order chi connectivity index (χ1) is 5.54. The van der Waals surface area contributed by atoms with Gasteiger partial charge in [0.2, 0.25) is 0 Å². The molecule has 2 heterocycles. The number of quaternary nitrogens is 1. The van der Waals surface area contributed by atoms with E-state index in [0.29, 0.717) is 5.54 Å². The average molecular weight is 169 g/mol. The molecule has 1 spiro atoms. The number of likely N-dealkylation sites (N-methyl/N-ethyl adjacent to an activating group) is 1. The molecule has 2 fully saturated rings. The summed E-state index contributed by atoms with van der Waals surface area (Å²) in [6.07, 6.45) is 2.90. The highest BCUT2D eigenvalue weighted by Crippen LogP contribution is 2.32. The molecular formula is C10H21N2+. The Morgan fingerprint density at radius 1 is 1.17 bits per heavy atom. The quantitative estimate of drug-likeness (QED) is 0.494. The van der Waals surface area contributed by atoms with Crippen LogP contribution in [0.2, 0.25) is 0 Å². The maximum atomic E-state index is 2.53. The monoisotopic (exact) mass is 169 g/mol. The number of hydrogen-bond acceptors (Lipinski definition) is 1. The molecule has 0 atom stereocenters. The van der Waals surface area contributed by atoms with Crippen LogP contribution in [0, 0.1) is 0 Å². The van der Waals surface area contributed by atoms with Crippen molar-refractivity contribution in [3.8, 4) is 0 Å². The predicted octanol–water partition coefficient (Wildman–Crippen LogP) is 1.28. The van der Waals surface area contributed by atoms with E-state index in [1.165, 1.54) is 43.6 Å². The van der Waals surface area contributed by atoms with E-state index >= 15 is 0 Å². The summed E-state index contributed by atoms with van der Waals surface area (Å²) in [6, 6.07) is 0. The van der Waals surface area contributed by atoms with Gasteiger partial charge in [-0.2, -0.15) is 0 Å². The van der Waals surface area contributed by atoms with Crippen LogP contribution in [-0.4, -0.2) is 48.3 Å². The Bertz CT molecular complexity index is 180. The molecule has 0 aromatic heterocycles. The molecule has 0 aromatic carbocycles. The Kier molecular flexibility index (Phi) is 1.74. The van der Waals surface area contributed by atoms with Crippen molar-refractivity contribution in [2.24, 2.45) is 0 Å². The predicted molar refractivity (Wildman–Crippen MR) is 50.8 cm³/mol. The van der Waals surface area contributed by atoms with Crippen molar-refractivity contribution >= 4 is 0 Å². The van der Waals surface area contributed by atoms with Gasteiger partial charge in [0.25, 0.3) is 0 Å². The third kappa shape index (κ3) is 1.17. The third-order valence-electron chi connectivity index (χ3n) is 3.78. The third-order valence-corrected chi connectivity index (χ3v) is 3.78. The summed E-state index contributed by atoms with van der Waals surface area (Å²) in [6.45, 7) is 10.2. The first kappa shape index (κ1) is 8.52. The topological polar surface area (TPSA) is 3.24 Å². The van der Waals surface area contributed by atoms with Crippen molar-refractivity contribution in [1.29, 1.82) is 0 Å². The summed E-state index contributed by atoms with van der Waals surface area (Å²) in [5.74, 6) is 0. The summed E-state index contributed by atoms with van der Waals surface area (Å²) in [7, 11) is 2.27. The molecule has 2 rings (SSSR count). The average Bonchev–Trinajstić information content (AvgIpc) is 2.42. The van der Waals surface area contributed by atoms with Crippen molar-refractivity contribution in [2.75, 3.05) is 33.4 Å². The SMILES string of the molecule is CN1C[N+]2(CCCC2)CC1(C)C. The van der Waals surface area contributed by atoms with Gasteiger partial charge in [-0.05, 0) is 20.9 Å². The Balaban J connectivity index is 2.14. The van der Waals surface area contributed by atoms with Gasteiger partial charge in [-0.3, -0.25) is 0 Å². The van der Waals surface area contributed by atoms with Crippen molar-refractivity contribution in [1.82, 2.24) is 4.90 Å². The highest BCUT2D eigenvalue weighted by molar-refractivity contribution is 4.83. The molecule has 0 radical (unpaired) electrons. The van der Waals surface area contributed by atoms with Crippen LogP contribution in [0.1, 0.15) is 26.7 Å². The van der Waals surface area contributed by atoms with E-state index in [9.17, 15) is 0 Å². The molecule has 2 aliphatic rings. The summed E-state index contributed by atoms with van der Waals surface area (Å²) in [4.78, 5) is 2.53. The zero-order valence-corrected chi connectivity index (χ0v) is 8.64. The van der Waals surface area contributed by atoms with Crippen LogP contribution in [0.4, 0.5) is 0 Å². The van der Waals surface area contributed by atoms with Gasteiger partial charge in [-0.15, -0.1) is 0 Å². The Hall–Kier alpha value is -0.0800. The molecule has 2 saturated heterocycles. The van der Waals surface area contributed by atoms with Gasteiger partial charge in [0, 0.05) is 12.8 Å². The van der Waals surface area contributed by atoms with Crippen molar-refractivity contribution in [3.63, 3.8) is 0 Å².